The van der Waals surface area contributed by atoms with Crippen LogP contribution in [0.4, 0.5) is 4.39 Å². The fourth-order valence-electron chi connectivity index (χ4n) is 3.96. The molecule has 0 saturated carbocycles. The van der Waals surface area contributed by atoms with E-state index in [0.717, 1.165) is 5.56 Å². The monoisotopic (exact) mass is 438 g/mol. The van der Waals surface area contributed by atoms with Crippen LogP contribution >= 0.6 is 0 Å². The van der Waals surface area contributed by atoms with E-state index in [1.807, 2.05) is 37.3 Å². The number of hydrogen-bond donors (Lipinski definition) is 1. The zero-order valence-corrected chi connectivity index (χ0v) is 18.4. The average Bonchev–Trinajstić information content (AvgIpc) is 2.77. The van der Waals surface area contributed by atoms with Crippen LogP contribution in [-0.4, -0.2) is 35.8 Å². The standard InChI is InChI=1S/C25H27FN2O4/c1-4-32-25(31)24-17(3)28(15-22(29)27-16(2)18-10-6-5-7-11-18)23(30)14-20(24)19-12-8-9-13-21(19)26/h5-13,16,20H,4,14-15H2,1-3H3,(H,27,29)/t16-,20-/m1/s1. The third-order valence-electron chi connectivity index (χ3n) is 5.58. The molecule has 2 amide bonds. The molecule has 0 bridgehead atoms. The van der Waals surface area contributed by atoms with E-state index in [2.05, 4.69) is 5.32 Å². The van der Waals surface area contributed by atoms with Gasteiger partial charge in [0.15, 0.2) is 0 Å². The van der Waals surface area contributed by atoms with E-state index in [1.54, 1.807) is 32.0 Å². The molecule has 0 spiro atoms. The lowest BCUT2D eigenvalue weighted by molar-refractivity contribution is -0.141. The average molecular weight is 438 g/mol. The molecule has 1 aliphatic rings. The summed E-state index contributed by atoms with van der Waals surface area (Å²) in [6.07, 6.45) is -0.131. The van der Waals surface area contributed by atoms with E-state index in [1.165, 1.54) is 11.0 Å². The van der Waals surface area contributed by atoms with Crippen molar-refractivity contribution >= 4 is 17.8 Å². The first-order valence-corrected chi connectivity index (χ1v) is 10.6. The second-order valence-corrected chi connectivity index (χ2v) is 7.68. The maximum absolute atomic E-state index is 14.5. The van der Waals surface area contributed by atoms with Crippen LogP contribution in [0.2, 0.25) is 0 Å². The van der Waals surface area contributed by atoms with Crippen molar-refractivity contribution in [3.63, 3.8) is 0 Å². The number of esters is 1. The third-order valence-corrected chi connectivity index (χ3v) is 5.58. The minimum absolute atomic E-state index is 0.131. The maximum atomic E-state index is 14.5. The second kappa shape index (κ2) is 10.2. The van der Waals surface area contributed by atoms with Gasteiger partial charge in [-0.15, -0.1) is 0 Å². The van der Waals surface area contributed by atoms with Gasteiger partial charge < -0.3 is 15.0 Å². The number of halogens is 1. The van der Waals surface area contributed by atoms with Gasteiger partial charge >= 0.3 is 5.97 Å². The molecule has 2 aromatic rings. The molecule has 0 aromatic heterocycles. The Balaban J connectivity index is 1.88. The smallest absolute Gasteiger partial charge is 0.336 e. The van der Waals surface area contributed by atoms with Crippen molar-refractivity contribution in [2.24, 2.45) is 0 Å². The number of allylic oxidation sites excluding steroid dienone is 1. The van der Waals surface area contributed by atoms with Crippen molar-refractivity contribution in [3.8, 4) is 0 Å². The number of nitrogens with one attached hydrogen (secondary N) is 1. The Morgan fingerprint density at radius 3 is 2.47 bits per heavy atom. The van der Waals surface area contributed by atoms with E-state index in [4.69, 9.17) is 4.74 Å². The number of benzene rings is 2. The number of nitrogens with zero attached hydrogens (tertiary/aromatic N) is 1. The highest BCUT2D eigenvalue weighted by atomic mass is 19.1. The number of amides is 2. The van der Waals surface area contributed by atoms with Gasteiger partial charge in [-0.25, -0.2) is 9.18 Å². The van der Waals surface area contributed by atoms with Crippen LogP contribution in [0.3, 0.4) is 0 Å². The molecule has 2 aromatic carbocycles. The molecule has 0 unspecified atom stereocenters. The highest BCUT2D eigenvalue weighted by Gasteiger charge is 2.38. The highest BCUT2D eigenvalue weighted by molar-refractivity contribution is 5.97. The molecule has 168 valence electrons. The Kier molecular flexibility index (Phi) is 7.41. The molecular weight excluding hydrogens is 411 g/mol. The van der Waals surface area contributed by atoms with Gasteiger partial charge in [0.2, 0.25) is 11.8 Å². The molecule has 1 heterocycles. The molecule has 1 N–H and O–H groups in total. The Morgan fingerprint density at radius 2 is 1.81 bits per heavy atom. The second-order valence-electron chi connectivity index (χ2n) is 7.68. The molecule has 0 radical (unpaired) electrons. The lowest BCUT2D eigenvalue weighted by Crippen LogP contribution is -2.44. The van der Waals surface area contributed by atoms with E-state index in [-0.39, 0.29) is 48.6 Å². The van der Waals surface area contributed by atoms with Gasteiger partial charge in [0.1, 0.15) is 12.4 Å². The maximum Gasteiger partial charge on any atom is 0.336 e. The zero-order valence-electron chi connectivity index (χ0n) is 18.4. The third kappa shape index (κ3) is 5.04. The number of rotatable bonds is 7. The summed E-state index contributed by atoms with van der Waals surface area (Å²) >= 11 is 0. The van der Waals surface area contributed by atoms with Gasteiger partial charge in [-0.1, -0.05) is 48.5 Å². The summed E-state index contributed by atoms with van der Waals surface area (Å²) in [4.78, 5) is 39.7. The molecule has 1 aliphatic heterocycles. The fraction of sp³-hybridized carbons (Fsp3) is 0.320. The first-order chi connectivity index (χ1) is 15.3. The highest BCUT2D eigenvalue weighted by Crippen LogP contribution is 2.38. The topological polar surface area (TPSA) is 75.7 Å². The van der Waals surface area contributed by atoms with Crippen molar-refractivity contribution in [2.45, 2.75) is 39.2 Å². The van der Waals surface area contributed by atoms with Crippen LogP contribution in [0.1, 0.15) is 50.3 Å². The minimum atomic E-state index is -0.773. The summed E-state index contributed by atoms with van der Waals surface area (Å²) < 4.78 is 19.7. The summed E-state index contributed by atoms with van der Waals surface area (Å²) in [5.74, 6) is -2.60. The molecule has 32 heavy (non-hydrogen) atoms. The lowest BCUT2D eigenvalue weighted by Gasteiger charge is -2.34. The van der Waals surface area contributed by atoms with Crippen LogP contribution in [0.5, 0.6) is 0 Å². The summed E-state index contributed by atoms with van der Waals surface area (Å²) in [6, 6.07) is 15.3. The first-order valence-electron chi connectivity index (χ1n) is 10.6. The van der Waals surface area contributed by atoms with Crippen LogP contribution in [0, 0.1) is 5.82 Å². The van der Waals surface area contributed by atoms with Crippen molar-refractivity contribution in [1.82, 2.24) is 10.2 Å². The van der Waals surface area contributed by atoms with Crippen molar-refractivity contribution in [1.29, 1.82) is 0 Å². The normalized spacial score (nSPS) is 17.2. The van der Waals surface area contributed by atoms with Crippen LogP contribution in [-0.2, 0) is 19.1 Å². The largest absolute Gasteiger partial charge is 0.463 e. The Hall–Kier alpha value is -3.48. The number of hydrogen-bond acceptors (Lipinski definition) is 4. The van der Waals surface area contributed by atoms with Gasteiger partial charge in [-0.05, 0) is 38.0 Å². The van der Waals surface area contributed by atoms with Gasteiger partial charge in [0.05, 0.1) is 18.2 Å². The Labute approximate surface area is 187 Å². The van der Waals surface area contributed by atoms with Gasteiger partial charge in [-0.3, -0.25) is 9.59 Å². The Bertz CT molecular complexity index is 1040. The molecular formula is C25H27FN2O4. The molecule has 0 aliphatic carbocycles. The molecule has 2 atom stereocenters. The number of ether oxygens (including phenoxy) is 1. The number of carbonyl (C=O) groups is 3. The molecule has 7 heteroatoms. The van der Waals surface area contributed by atoms with Crippen molar-refractivity contribution in [3.05, 3.63) is 82.8 Å². The zero-order chi connectivity index (χ0) is 23.3. The van der Waals surface area contributed by atoms with Crippen molar-refractivity contribution in [2.75, 3.05) is 13.2 Å². The lowest BCUT2D eigenvalue weighted by atomic mass is 9.83. The SMILES string of the molecule is CCOC(=O)C1=C(C)N(CC(=O)N[C@H](C)c2ccccc2)C(=O)C[C@@H]1c1ccccc1F. The first kappa shape index (κ1) is 23.2. The summed E-state index contributed by atoms with van der Waals surface area (Å²) in [7, 11) is 0. The van der Waals surface area contributed by atoms with E-state index in [9.17, 15) is 18.8 Å². The van der Waals surface area contributed by atoms with Gasteiger partial charge in [0, 0.05) is 18.0 Å². The molecule has 0 fully saturated rings. The van der Waals surface area contributed by atoms with E-state index in [0.29, 0.717) is 5.70 Å². The molecule has 6 nitrogen and oxygen atoms in total. The molecule has 0 saturated heterocycles. The van der Waals surface area contributed by atoms with Crippen LogP contribution in [0.15, 0.2) is 65.9 Å². The summed E-state index contributed by atoms with van der Waals surface area (Å²) in [5.41, 5.74) is 1.69. The Morgan fingerprint density at radius 1 is 1.16 bits per heavy atom. The fourth-order valence-corrected chi connectivity index (χ4v) is 3.96. The van der Waals surface area contributed by atoms with Gasteiger partial charge in [-0.2, -0.15) is 0 Å². The minimum Gasteiger partial charge on any atom is -0.463 e. The molecule has 3 rings (SSSR count). The predicted octanol–water partition coefficient (Wildman–Crippen LogP) is 3.86. The van der Waals surface area contributed by atoms with Crippen LogP contribution in [0.25, 0.3) is 0 Å². The van der Waals surface area contributed by atoms with Gasteiger partial charge in [0.25, 0.3) is 0 Å². The van der Waals surface area contributed by atoms with Crippen LogP contribution < -0.4 is 5.32 Å². The predicted molar refractivity (Wildman–Crippen MR) is 118 cm³/mol. The quantitative estimate of drug-likeness (QED) is 0.666. The van der Waals surface area contributed by atoms with E-state index < -0.39 is 17.7 Å². The van der Waals surface area contributed by atoms with Crippen molar-refractivity contribution < 1.29 is 23.5 Å². The number of carbonyl (C=O) groups excluding carboxylic acids is 3. The summed E-state index contributed by atoms with van der Waals surface area (Å²) in [6.45, 7) is 5.02. The van der Waals surface area contributed by atoms with E-state index >= 15 is 0 Å². The summed E-state index contributed by atoms with van der Waals surface area (Å²) in [5, 5.41) is 2.87.